The predicted molar refractivity (Wildman–Crippen MR) is 128 cm³/mol. The van der Waals surface area contributed by atoms with Gasteiger partial charge in [-0.15, -0.1) is 6.58 Å². The van der Waals surface area contributed by atoms with Crippen LogP contribution in [0.5, 0.6) is 5.75 Å². The lowest BCUT2D eigenvalue weighted by molar-refractivity contribution is -0.116. The molecule has 1 aliphatic heterocycles. The Labute approximate surface area is 195 Å². The number of nitrogens with one attached hydrogen (secondary N) is 1. The number of thioether (sulfide) groups is 1. The van der Waals surface area contributed by atoms with E-state index in [1.807, 2.05) is 48.5 Å². The standard InChI is InChI=1S/C24H22ClN3O3S/c1-3-12-32-24-27-23(30)21-18(13-20(29)26-22(21)28(24)2)17-6-4-5-7-19(17)31-14-15-8-10-16(25)11-9-15/h3-11,18H,1,12-14H2,2H3,(H,26,29)/t18-/m1/s1. The maximum absolute atomic E-state index is 13.0. The highest BCUT2D eigenvalue weighted by Crippen LogP contribution is 2.39. The molecule has 0 aliphatic carbocycles. The molecule has 2 aromatic carbocycles. The fourth-order valence-corrected chi connectivity index (χ4v) is 4.53. The second kappa shape index (κ2) is 9.63. The first-order valence-corrected chi connectivity index (χ1v) is 11.4. The first kappa shape index (κ1) is 22.2. The van der Waals surface area contributed by atoms with Crippen molar-refractivity contribution in [3.05, 3.63) is 93.3 Å². The van der Waals surface area contributed by atoms with E-state index in [0.717, 1.165) is 11.1 Å². The number of para-hydroxylation sites is 1. The molecule has 32 heavy (non-hydrogen) atoms. The Morgan fingerprint density at radius 1 is 1.25 bits per heavy atom. The minimum atomic E-state index is -0.454. The van der Waals surface area contributed by atoms with Gasteiger partial charge in [0.05, 0.1) is 5.56 Å². The number of nitrogens with zero attached hydrogens (tertiary/aromatic N) is 2. The summed E-state index contributed by atoms with van der Waals surface area (Å²) < 4.78 is 7.85. The van der Waals surface area contributed by atoms with Crippen molar-refractivity contribution < 1.29 is 9.53 Å². The third-order valence-electron chi connectivity index (χ3n) is 5.23. The summed E-state index contributed by atoms with van der Waals surface area (Å²) in [6.07, 6.45) is 1.89. The summed E-state index contributed by atoms with van der Waals surface area (Å²) in [5.41, 5.74) is 1.87. The molecule has 3 aromatic rings. The summed E-state index contributed by atoms with van der Waals surface area (Å²) in [6.45, 7) is 4.05. The Kier molecular flexibility index (Phi) is 6.67. The normalized spacial score (nSPS) is 15.1. The molecule has 1 aromatic heterocycles. The van der Waals surface area contributed by atoms with E-state index in [2.05, 4.69) is 16.9 Å². The van der Waals surface area contributed by atoms with Crippen LogP contribution in [-0.4, -0.2) is 21.2 Å². The third-order valence-corrected chi connectivity index (χ3v) is 6.51. The number of hydrogen-bond donors (Lipinski definition) is 1. The van der Waals surface area contributed by atoms with Gasteiger partial charge in [0.1, 0.15) is 18.2 Å². The van der Waals surface area contributed by atoms with Crippen molar-refractivity contribution >= 4 is 35.1 Å². The number of anilines is 1. The molecule has 0 spiro atoms. The average Bonchev–Trinajstić information content (AvgIpc) is 2.79. The van der Waals surface area contributed by atoms with Crippen LogP contribution in [0.15, 0.2) is 71.1 Å². The molecule has 0 saturated carbocycles. The molecular formula is C24H22ClN3O3S. The van der Waals surface area contributed by atoms with E-state index in [4.69, 9.17) is 16.3 Å². The van der Waals surface area contributed by atoms with Gasteiger partial charge in [0.25, 0.3) is 5.56 Å². The fourth-order valence-electron chi connectivity index (χ4n) is 3.71. The first-order valence-electron chi connectivity index (χ1n) is 10.1. The predicted octanol–water partition coefficient (Wildman–Crippen LogP) is 4.76. The summed E-state index contributed by atoms with van der Waals surface area (Å²) in [7, 11) is 1.79. The number of carbonyl (C=O) groups is 1. The van der Waals surface area contributed by atoms with Crippen molar-refractivity contribution in [1.29, 1.82) is 0 Å². The molecule has 8 heteroatoms. The van der Waals surface area contributed by atoms with Gasteiger partial charge in [-0.05, 0) is 23.8 Å². The molecule has 0 radical (unpaired) electrons. The van der Waals surface area contributed by atoms with E-state index in [1.165, 1.54) is 11.8 Å². The molecule has 1 aliphatic rings. The summed E-state index contributed by atoms with van der Waals surface area (Å²) in [5, 5.41) is 4.05. The van der Waals surface area contributed by atoms with Gasteiger partial charge in [0.2, 0.25) is 5.91 Å². The zero-order valence-electron chi connectivity index (χ0n) is 17.5. The molecule has 1 atom stereocenters. The fraction of sp³-hybridized carbons (Fsp3) is 0.208. The van der Waals surface area contributed by atoms with Gasteiger partial charge >= 0.3 is 0 Å². The maximum Gasteiger partial charge on any atom is 0.279 e. The molecule has 1 N–H and O–H groups in total. The molecule has 4 rings (SSSR count). The summed E-state index contributed by atoms with van der Waals surface area (Å²) in [5.74, 6) is 1.10. The highest BCUT2D eigenvalue weighted by atomic mass is 35.5. The monoisotopic (exact) mass is 467 g/mol. The Balaban J connectivity index is 1.72. The quantitative estimate of drug-likeness (QED) is 0.308. The highest BCUT2D eigenvalue weighted by Gasteiger charge is 2.33. The smallest absolute Gasteiger partial charge is 0.279 e. The maximum atomic E-state index is 13.0. The van der Waals surface area contributed by atoms with Crippen LogP contribution in [-0.2, 0) is 18.4 Å². The lowest BCUT2D eigenvalue weighted by Crippen LogP contribution is -2.33. The van der Waals surface area contributed by atoms with Crippen molar-refractivity contribution in [3.63, 3.8) is 0 Å². The van der Waals surface area contributed by atoms with Crippen molar-refractivity contribution in [2.75, 3.05) is 11.1 Å². The van der Waals surface area contributed by atoms with Crippen molar-refractivity contribution in [2.24, 2.45) is 7.05 Å². The molecule has 0 saturated heterocycles. The van der Waals surface area contributed by atoms with Crippen LogP contribution >= 0.6 is 23.4 Å². The molecule has 0 bridgehead atoms. The van der Waals surface area contributed by atoms with E-state index in [0.29, 0.717) is 39.7 Å². The summed E-state index contributed by atoms with van der Waals surface area (Å²) >= 11 is 7.35. The second-order valence-corrected chi connectivity index (χ2v) is 8.80. The number of benzene rings is 2. The zero-order chi connectivity index (χ0) is 22.7. The lowest BCUT2D eigenvalue weighted by atomic mass is 9.86. The van der Waals surface area contributed by atoms with Crippen molar-refractivity contribution in [2.45, 2.75) is 24.1 Å². The summed E-state index contributed by atoms with van der Waals surface area (Å²) in [4.78, 5) is 29.9. The van der Waals surface area contributed by atoms with Crippen LogP contribution in [0.1, 0.15) is 29.0 Å². The minimum absolute atomic E-state index is 0.143. The van der Waals surface area contributed by atoms with E-state index in [9.17, 15) is 9.59 Å². The number of amides is 1. The van der Waals surface area contributed by atoms with E-state index < -0.39 is 5.92 Å². The van der Waals surface area contributed by atoms with Gasteiger partial charge < -0.3 is 14.6 Å². The van der Waals surface area contributed by atoms with Crippen LogP contribution < -0.4 is 15.6 Å². The number of ether oxygens (including phenoxy) is 1. The Morgan fingerprint density at radius 2 is 2.00 bits per heavy atom. The van der Waals surface area contributed by atoms with Gasteiger partial charge in [0, 0.05) is 35.7 Å². The topological polar surface area (TPSA) is 73.2 Å². The zero-order valence-corrected chi connectivity index (χ0v) is 19.1. The first-order chi connectivity index (χ1) is 15.5. The second-order valence-electron chi connectivity index (χ2n) is 7.38. The van der Waals surface area contributed by atoms with Gasteiger partial charge in [-0.1, -0.05) is 59.8 Å². The highest BCUT2D eigenvalue weighted by molar-refractivity contribution is 7.99. The van der Waals surface area contributed by atoms with E-state index >= 15 is 0 Å². The molecule has 2 heterocycles. The summed E-state index contributed by atoms with van der Waals surface area (Å²) in [6, 6.07) is 14.9. The van der Waals surface area contributed by atoms with Crippen molar-refractivity contribution in [3.8, 4) is 5.75 Å². The molecule has 1 amide bonds. The lowest BCUT2D eigenvalue weighted by Gasteiger charge is -2.28. The number of rotatable bonds is 7. The van der Waals surface area contributed by atoms with E-state index in [1.54, 1.807) is 17.7 Å². The number of hydrogen-bond acceptors (Lipinski definition) is 5. The minimum Gasteiger partial charge on any atom is -0.489 e. The molecule has 0 fully saturated rings. The molecule has 0 unspecified atom stereocenters. The van der Waals surface area contributed by atoms with Crippen LogP contribution in [0, 0.1) is 0 Å². The SMILES string of the molecule is C=CCSc1nc(=O)c2c(n1C)NC(=O)C[C@@H]2c1ccccc1OCc1ccc(Cl)cc1. The van der Waals surface area contributed by atoms with Gasteiger partial charge in [-0.3, -0.25) is 9.59 Å². The molecular weight excluding hydrogens is 446 g/mol. The largest absolute Gasteiger partial charge is 0.489 e. The van der Waals surface area contributed by atoms with Crippen molar-refractivity contribution in [1.82, 2.24) is 9.55 Å². The number of fused-ring (bicyclic) bond motifs is 1. The Bertz CT molecular complexity index is 1220. The van der Waals surface area contributed by atoms with Gasteiger partial charge in [0.15, 0.2) is 5.16 Å². The van der Waals surface area contributed by atoms with Crippen LogP contribution in [0.2, 0.25) is 5.02 Å². The van der Waals surface area contributed by atoms with E-state index in [-0.39, 0.29) is 17.9 Å². The number of carbonyl (C=O) groups excluding carboxylic acids is 1. The average molecular weight is 468 g/mol. The third kappa shape index (κ3) is 4.59. The molecule has 164 valence electrons. The number of halogens is 1. The van der Waals surface area contributed by atoms with Gasteiger partial charge in [-0.2, -0.15) is 4.98 Å². The van der Waals surface area contributed by atoms with Crippen LogP contribution in [0.3, 0.4) is 0 Å². The molecule has 6 nitrogen and oxygen atoms in total. The van der Waals surface area contributed by atoms with Crippen LogP contribution in [0.25, 0.3) is 0 Å². The van der Waals surface area contributed by atoms with Gasteiger partial charge in [-0.25, -0.2) is 0 Å². The Hall–Kier alpha value is -3.03. The Morgan fingerprint density at radius 3 is 2.75 bits per heavy atom. The number of aromatic nitrogens is 2. The van der Waals surface area contributed by atoms with Crippen LogP contribution in [0.4, 0.5) is 5.82 Å².